The number of hydrogen-bond acceptors (Lipinski definition) is 5. The third kappa shape index (κ3) is 3.65. The van der Waals surface area contributed by atoms with Crippen LogP contribution < -0.4 is 13.7 Å². The number of methoxy groups -OCH3 is 2. The first-order valence-corrected chi connectivity index (χ1v) is 9.27. The zero-order valence-corrected chi connectivity index (χ0v) is 15.2. The van der Waals surface area contributed by atoms with Crippen LogP contribution in [0.1, 0.15) is 0 Å². The summed E-state index contributed by atoms with van der Waals surface area (Å²) < 4.78 is 41.5. The molecule has 0 fully saturated rings. The molecular weight excluding hydrogens is 352 g/mol. The molecule has 3 rings (SSSR count). The molecule has 0 heterocycles. The Labute approximate surface area is 152 Å². The fraction of sp³-hybridized carbons (Fsp3) is 0.100. The molecule has 0 saturated carbocycles. The summed E-state index contributed by atoms with van der Waals surface area (Å²) in [6, 6.07) is 20.9. The van der Waals surface area contributed by atoms with Crippen molar-refractivity contribution >= 4 is 10.1 Å². The van der Waals surface area contributed by atoms with Gasteiger partial charge in [-0.15, -0.1) is 0 Å². The van der Waals surface area contributed by atoms with E-state index in [1.165, 1.54) is 26.4 Å². The summed E-state index contributed by atoms with van der Waals surface area (Å²) in [6.07, 6.45) is 0. The molecule has 3 aromatic carbocycles. The Hall–Kier alpha value is -2.99. The molecule has 0 bridgehead atoms. The average molecular weight is 370 g/mol. The number of para-hydroxylation sites is 1. The van der Waals surface area contributed by atoms with E-state index >= 15 is 0 Å². The van der Waals surface area contributed by atoms with Crippen molar-refractivity contribution in [3.05, 3.63) is 72.8 Å². The van der Waals surface area contributed by atoms with Crippen molar-refractivity contribution in [3.8, 4) is 28.4 Å². The van der Waals surface area contributed by atoms with E-state index in [-0.39, 0.29) is 16.4 Å². The van der Waals surface area contributed by atoms with Crippen LogP contribution in [-0.2, 0) is 10.1 Å². The maximum atomic E-state index is 12.9. The largest absolute Gasteiger partial charge is 0.497 e. The van der Waals surface area contributed by atoms with Gasteiger partial charge in [0.15, 0.2) is 10.6 Å². The second-order valence-electron chi connectivity index (χ2n) is 5.42. The lowest BCUT2D eigenvalue weighted by Crippen LogP contribution is -2.12. The lowest BCUT2D eigenvalue weighted by molar-refractivity contribution is 0.388. The van der Waals surface area contributed by atoms with Crippen molar-refractivity contribution in [3.63, 3.8) is 0 Å². The first-order valence-electron chi connectivity index (χ1n) is 7.86. The second kappa shape index (κ2) is 7.49. The topological polar surface area (TPSA) is 61.8 Å². The van der Waals surface area contributed by atoms with E-state index in [4.69, 9.17) is 13.7 Å². The summed E-state index contributed by atoms with van der Waals surface area (Å²) in [4.78, 5) is -0.0952. The Bertz CT molecular complexity index is 998. The summed E-state index contributed by atoms with van der Waals surface area (Å²) in [5, 5.41) is 0. The monoisotopic (exact) mass is 370 g/mol. The van der Waals surface area contributed by atoms with E-state index in [1.54, 1.807) is 18.2 Å². The van der Waals surface area contributed by atoms with Gasteiger partial charge in [-0.25, -0.2) is 0 Å². The quantitative estimate of drug-likeness (QED) is 0.610. The molecule has 134 valence electrons. The highest BCUT2D eigenvalue weighted by molar-refractivity contribution is 7.87. The molecule has 0 saturated heterocycles. The van der Waals surface area contributed by atoms with Gasteiger partial charge in [0.1, 0.15) is 11.5 Å². The molecule has 0 aliphatic heterocycles. The van der Waals surface area contributed by atoms with Crippen LogP contribution in [0.2, 0.25) is 0 Å². The molecule has 0 radical (unpaired) electrons. The third-order valence-corrected chi connectivity index (χ3v) is 5.07. The lowest BCUT2D eigenvalue weighted by Gasteiger charge is -2.14. The van der Waals surface area contributed by atoms with Gasteiger partial charge in [-0.05, 0) is 23.8 Å². The first-order chi connectivity index (χ1) is 12.5. The van der Waals surface area contributed by atoms with Crippen LogP contribution in [0.25, 0.3) is 11.1 Å². The second-order valence-corrected chi connectivity index (χ2v) is 6.93. The van der Waals surface area contributed by atoms with Crippen LogP contribution in [0.4, 0.5) is 0 Å². The number of ether oxygens (including phenoxy) is 2. The Kier molecular flexibility index (Phi) is 5.14. The van der Waals surface area contributed by atoms with E-state index in [9.17, 15) is 8.42 Å². The Morgan fingerprint density at radius 3 is 2.12 bits per heavy atom. The van der Waals surface area contributed by atoms with Gasteiger partial charge in [-0.1, -0.05) is 48.5 Å². The molecule has 3 aromatic rings. The van der Waals surface area contributed by atoms with Crippen LogP contribution in [0.5, 0.6) is 17.2 Å². The molecular formula is C20H18O5S. The zero-order chi connectivity index (χ0) is 18.6. The number of hydrogen-bond donors (Lipinski definition) is 0. The molecule has 0 aromatic heterocycles. The van der Waals surface area contributed by atoms with Crippen molar-refractivity contribution in [1.29, 1.82) is 0 Å². The Morgan fingerprint density at radius 2 is 1.42 bits per heavy atom. The highest BCUT2D eigenvalue weighted by atomic mass is 32.2. The summed E-state index contributed by atoms with van der Waals surface area (Å²) >= 11 is 0. The van der Waals surface area contributed by atoms with Crippen LogP contribution in [-0.4, -0.2) is 22.6 Å². The number of rotatable bonds is 6. The van der Waals surface area contributed by atoms with Crippen LogP contribution in [0.15, 0.2) is 77.7 Å². The number of benzene rings is 3. The van der Waals surface area contributed by atoms with E-state index in [0.717, 1.165) is 5.56 Å². The summed E-state index contributed by atoms with van der Waals surface area (Å²) in [5.74, 6) is 0.816. The maximum Gasteiger partial charge on any atom is 0.343 e. The molecule has 0 amide bonds. The van der Waals surface area contributed by atoms with Gasteiger partial charge in [0, 0.05) is 11.6 Å². The van der Waals surface area contributed by atoms with Gasteiger partial charge in [0.25, 0.3) is 0 Å². The van der Waals surface area contributed by atoms with Crippen molar-refractivity contribution in [2.24, 2.45) is 0 Å². The third-order valence-electron chi connectivity index (χ3n) is 3.81. The van der Waals surface area contributed by atoms with Gasteiger partial charge in [0.05, 0.1) is 14.2 Å². The van der Waals surface area contributed by atoms with Crippen molar-refractivity contribution in [2.75, 3.05) is 14.2 Å². The highest BCUT2D eigenvalue weighted by Gasteiger charge is 2.24. The minimum atomic E-state index is -4.12. The van der Waals surface area contributed by atoms with E-state index in [1.807, 2.05) is 42.5 Å². The van der Waals surface area contributed by atoms with Crippen molar-refractivity contribution in [2.45, 2.75) is 4.90 Å². The van der Waals surface area contributed by atoms with E-state index in [2.05, 4.69) is 0 Å². The summed E-state index contributed by atoms with van der Waals surface area (Å²) in [7, 11) is -1.26. The van der Waals surface area contributed by atoms with E-state index in [0.29, 0.717) is 11.3 Å². The smallest absolute Gasteiger partial charge is 0.343 e. The molecule has 5 nitrogen and oxygen atoms in total. The SMILES string of the molecule is COc1ccc(OC)c(S(=O)(=O)Oc2ccccc2-c2ccccc2)c1. The maximum absolute atomic E-state index is 12.9. The summed E-state index contributed by atoms with van der Waals surface area (Å²) in [5.41, 5.74) is 1.54. The minimum absolute atomic E-state index is 0.0952. The molecule has 0 spiro atoms. The van der Waals surface area contributed by atoms with Crippen molar-refractivity contribution < 1.29 is 22.1 Å². The first kappa shape index (κ1) is 17.8. The molecule has 0 unspecified atom stereocenters. The highest BCUT2D eigenvalue weighted by Crippen LogP contribution is 2.34. The zero-order valence-electron chi connectivity index (χ0n) is 14.4. The van der Waals surface area contributed by atoms with Crippen LogP contribution in [0.3, 0.4) is 0 Å². The van der Waals surface area contributed by atoms with Gasteiger partial charge in [-0.3, -0.25) is 0 Å². The molecule has 0 aliphatic rings. The average Bonchev–Trinajstić information content (AvgIpc) is 2.68. The van der Waals surface area contributed by atoms with Gasteiger partial charge < -0.3 is 13.7 Å². The van der Waals surface area contributed by atoms with E-state index < -0.39 is 10.1 Å². The van der Waals surface area contributed by atoms with Gasteiger partial charge in [0.2, 0.25) is 0 Å². The fourth-order valence-electron chi connectivity index (χ4n) is 2.54. The van der Waals surface area contributed by atoms with Gasteiger partial charge in [-0.2, -0.15) is 8.42 Å². The standard InChI is InChI=1S/C20H18O5S/c1-23-16-12-13-19(24-2)20(14-16)26(21,22)25-18-11-7-6-10-17(18)15-8-4-3-5-9-15/h3-14H,1-2H3. The summed E-state index contributed by atoms with van der Waals surface area (Å²) in [6.45, 7) is 0. The molecule has 26 heavy (non-hydrogen) atoms. The van der Waals surface area contributed by atoms with Crippen molar-refractivity contribution in [1.82, 2.24) is 0 Å². The molecule has 6 heteroatoms. The Morgan fingerprint density at radius 1 is 0.731 bits per heavy atom. The van der Waals surface area contributed by atoms with Crippen LogP contribution >= 0.6 is 0 Å². The molecule has 0 N–H and O–H groups in total. The fourth-order valence-corrected chi connectivity index (χ4v) is 3.67. The minimum Gasteiger partial charge on any atom is -0.497 e. The normalized spacial score (nSPS) is 11.0. The lowest BCUT2D eigenvalue weighted by atomic mass is 10.1. The van der Waals surface area contributed by atoms with Gasteiger partial charge >= 0.3 is 10.1 Å². The van der Waals surface area contributed by atoms with Crippen LogP contribution in [0, 0.1) is 0 Å². The predicted molar refractivity (Wildman–Crippen MR) is 99.2 cm³/mol. The Balaban J connectivity index is 2.05. The predicted octanol–water partition coefficient (Wildman–Crippen LogP) is 4.14. The molecule has 0 aliphatic carbocycles. The molecule has 0 atom stereocenters.